The Balaban J connectivity index is 1.53. The number of nitrogens with zero attached hydrogens (tertiary/aromatic N) is 2. The molecule has 0 aliphatic rings. The first kappa shape index (κ1) is 19.5. The minimum atomic E-state index is -0.455. The van der Waals surface area contributed by atoms with E-state index in [0.29, 0.717) is 34.8 Å². The van der Waals surface area contributed by atoms with E-state index in [2.05, 4.69) is 22.0 Å². The molecule has 0 aliphatic carbocycles. The first-order valence-corrected chi connectivity index (χ1v) is 10.8. The molecule has 0 amide bonds. The average molecular weight is 429 g/mol. The fourth-order valence-electron chi connectivity index (χ4n) is 3.74. The Morgan fingerprint density at radius 3 is 2.58 bits per heavy atom. The van der Waals surface area contributed by atoms with Gasteiger partial charge in [0.2, 0.25) is 0 Å². The van der Waals surface area contributed by atoms with Crippen LogP contribution in [0.5, 0.6) is 5.75 Å². The highest BCUT2D eigenvalue weighted by Gasteiger charge is 2.17. The number of phenolic OH excluding ortho intramolecular Hbond substituents is 1. The van der Waals surface area contributed by atoms with Crippen LogP contribution in [0.4, 0.5) is 0 Å². The zero-order chi connectivity index (χ0) is 21.4. The van der Waals surface area contributed by atoms with Crippen LogP contribution in [0.2, 0.25) is 0 Å². The lowest BCUT2D eigenvalue weighted by Gasteiger charge is -2.18. The summed E-state index contributed by atoms with van der Waals surface area (Å²) in [5.74, 6) is 0.114. The van der Waals surface area contributed by atoms with Crippen LogP contribution in [0.25, 0.3) is 31.8 Å². The van der Waals surface area contributed by atoms with Crippen molar-refractivity contribution in [1.82, 2.24) is 9.88 Å². The zero-order valence-electron chi connectivity index (χ0n) is 16.9. The van der Waals surface area contributed by atoms with Gasteiger partial charge in [-0.1, -0.05) is 42.5 Å². The number of hydrogen-bond acceptors (Lipinski definition) is 6. The topological polar surface area (TPSA) is 66.6 Å². The highest BCUT2D eigenvalue weighted by atomic mass is 32.1. The third-order valence-corrected chi connectivity index (χ3v) is 6.30. The number of hydrogen-bond donors (Lipinski definition) is 1. The van der Waals surface area contributed by atoms with Gasteiger partial charge in [0.15, 0.2) is 0 Å². The largest absolute Gasteiger partial charge is 0.507 e. The smallest absolute Gasteiger partial charge is 0.346 e. The number of phenols is 1. The highest BCUT2D eigenvalue weighted by molar-refractivity contribution is 7.21. The van der Waals surface area contributed by atoms with E-state index in [1.807, 2.05) is 49.5 Å². The molecule has 0 saturated heterocycles. The van der Waals surface area contributed by atoms with Crippen molar-refractivity contribution in [2.45, 2.75) is 13.1 Å². The molecular weight excluding hydrogens is 408 g/mol. The summed E-state index contributed by atoms with van der Waals surface area (Å²) >= 11 is 1.46. The van der Waals surface area contributed by atoms with Crippen molar-refractivity contribution in [1.29, 1.82) is 0 Å². The SMILES string of the molecule is CN(Cc1ccccc1)Cc1c(O)ccc2cc(-c3nc4ccccc4s3)c(=O)oc12. The quantitative estimate of drug-likeness (QED) is 0.379. The average Bonchev–Trinajstić information content (AvgIpc) is 3.20. The summed E-state index contributed by atoms with van der Waals surface area (Å²) in [5.41, 5.74) is 3.02. The molecule has 5 nitrogen and oxygen atoms in total. The maximum Gasteiger partial charge on any atom is 0.346 e. The molecule has 0 bridgehead atoms. The molecule has 3 aromatic carbocycles. The van der Waals surface area contributed by atoms with Gasteiger partial charge < -0.3 is 9.52 Å². The molecule has 0 saturated carbocycles. The van der Waals surface area contributed by atoms with Gasteiger partial charge in [-0.25, -0.2) is 9.78 Å². The van der Waals surface area contributed by atoms with Gasteiger partial charge >= 0.3 is 5.63 Å². The molecule has 5 aromatic rings. The van der Waals surface area contributed by atoms with E-state index >= 15 is 0 Å². The molecular formula is C25H20N2O3S. The predicted molar refractivity (Wildman–Crippen MR) is 124 cm³/mol. The van der Waals surface area contributed by atoms with Gasteiger partial charge in [-0.2, -0.15) is 0 Å². The fraction of sp³-hybridized carbons (Fsp3) is 0.120. The van der Waals surface area contributed by atoms with E-state index in [1.54, 1.807) is 18.2 Å². The van der Waals surface area contributed by atoms with Crippen LogP contribution in [-0.2, 0) is 13.1 Å². The van der Waals surface area contributed by atoms with Crippen LogP contribution in [0.3, 0.4) is 0 Å². The standard InChI is InChI=1S/C25H20N2O3S/c1-27(14-16-7-3-2-4-8-16)15-19-21(28)12-11-17-13-18(25(29)30-23(17)19)24-26-20-9-5-6-10-22(20)31-24/h2-13,28H,14-15H2,1H3. The molecule has 0 fully saturated rings. The second-order valence-corrected chi connectivity index (χ2v) is 8.60. The van der Waals surface area contributed by atoms with Gasteiger partial charge in [0.1, 0.15) is 16.3 Å². The number of rotatable bonds is 5. The highest BCUT2D eigenvalue weighted by Crippen LogP contribution is 2.33. The van der Waals surface area contributed by atoms with E-state index in [-0.39, 0.29) is 5.75 Å². The lowest BCUT2D eigenvalue weighted by atomic mass is 10.1. The van der Waals surface area contributed by atoms with E-state index < -0.39 is 5.63 Å². The molecule has 0 atom stereocenters. The molecule has 0 unspecified atom stereocenters. The minimum Gasteiger partial charge on any atom is -0.507 e. The third kappa shape index (κ3) is 3.83. The van der Waals surface area contributed by atoms with Gasteiger partial charge in [-0.15, -0.1) is 11.3 Å². The molecule has 31 heavy (non-hydrogen) atoms. The number of fused-ring (bicyclic) bond motifs is 2. The number of para-hydroxylation sites is 1. The first-order chi connectivity index (χ1) is 15.1. The summed E-state index contributed by atoms with van der Waals surface area (Å²) in [7, 11) is 1.97. The molecule has 5 rings (SSSR count). The van der Waals surface area contributed by atoms with Crippen LogP contribution < -0.4 is 5.63 Å². The molecule has 1 N–H and O–H groups in total. The third-order valence-electron chi connectivity index (χ3n) is 5.23. The number of aromatic nitrogens is 1. The number of thiazole rings is 1. The van der Waals surface area contributed by atoms with Gasteiger partial charge in [-0.05, 0) is 42.9 Å². The van der Waals surface area contributed by atoms with E-state index in [1.165, 1.54) is 16.9 Å². The zero-order valence-corrected chi connectivity index (χ0v) is 17.7. The van der Waals surface area contributed by atoms with Crippen molar-refractivity contribution in [3.05, 3.63) is 94.3 Å². The van der Waals surface area contributed by atoms with Crippen molar-refractivity contribution in [3.8, 4) is 16.3 Å². The Bertz CT molecular complexity index is 1410. The van der Waals surface area contributed by atoms with Crippen LogP contribution in [-0.4, -0.2) is 22.0 Å². The van der Waals surface area contributed by atoms with Gasteiger partial charge in [0.05, 0.1) is 21.3 Å². The van der Waals surface area contributed by atoms with E-state index in [4.69, 9.17) is 4.42 Å². The summed E-state index contributed by atoms with van der Waals surface area (Å²) in [6, 6.07) is 23.1. The summed E-state index contributed by atoms with van der Waals surface area (Å²) < 4.78 is 6.75. The normalized spacial score (nSPS) is 11.5. The van der Waals surface area contributed by atoms with Crippen LogP contribution in [0.15, 0.2) is 82.0 Å². The molecule has 0 aliphatic heterocycles. The fourth-order valence-corrected chi connectivity index (χ4v) is 4.71. The Labute approximate surface area is 182 Å². The van der Waals surface area contributed by atoms with Crippen molar-refractivity contribution in [2.75, 3.05) is 7.05 Å². The molecule has 6 heteroatoms. The Kier molecular flexibility index (Phi) is 5.02. The minimum absolute atomic E-state index is 0.114. The maximum absolute atomic E-state index is 12.9. The Morgan fingerprint density at radius 2 is 1.77 bits per heavy atom. The van der Waals surface area contributed by atoms with Crippen molar-refractivity contribution in [2.24, 2.45) is 0 Å². The molecule has 2 heterocycles. The van der Waals surface area contributed by atoms with Crippen molar-refractivity contribution in [3.63, 3.8) is 0 Å². The number of benzene rings is 3. The first-order valence-electron chi connectivity index (χ1n) is 9.95. The summed E-state index contributed by atoms with van der Waals surface area (Å²) in [4.78, 5) is 19.5. The molecule has 2 aromatic heterocycles. The monoisotopic (exact) mass is 428 g/mol. The second-order valence-electron chi connectivity index (χ2n) is 7.57. The van der Waals surface area contributed by atoms with Crippen LogP contribution >= 0.6 is 11.3 Å². The van der Waals surface area contributed by atoms with Gasteiger partial charge in [-0.3, -0.25) is 4.90 Å². The second kappa shape index (κ2) is 7.98. The lowest BCUT2D eigenvalue weighted by Crippen LogP contribution is -2.17. The summed E-state index contributed by atoms with van der Waals surface area (Å²) in [6.07, 6.45) is 0. The van der Waals surface area contributed by atoms with Gasteiger partial charge in [0, 0.05) is 18.5 Å². The van der Waals surface area contributed by atoms with Crippen molar-refractivity contribution < 1.29 is 9.52 Å². The molecule has 0 spiro atoms. The Hall–Kier alpha value is -3.48. The summed E-state index contributed by atoms with van der Waals surface area (Å²) in [6.45, 7) is 1.16. The molecule has 0 radical (unpaired) electrons. The predicted octanol–water partition coefficient (Wildman–Crippen LogP) is 5.41. The van der Waals surface area contributed by atoms with Crippen LogP contribution in [0.1, 0.15) is 11.1 Å². The van der Waals surface area contributed by atoms with E-state index in [9.17, 15) is 9.90 Å². The Morgan fingerprint density at radius 1 is 1.00 bits per heavy atom. The summed E-state index contributed by atoms with van der Waals surface area (Å²) in [5, 5.41) is 11.9. The molecule has 154 valence electrons. The van der Waals surface area contributed by atoms with Gasteiger partial charge in [0.25, 0.3) is 0 Å². The number of aromatic hydroxyl groups is 1. The lowest BCUT2D eigenvalue weighted by molar-refractivity contribution is 0.312. The maximum atomic E-state index is 12.9. The van der Waals surface area contributed by atoms with E-state index in [0.717, 1.165) is 15.6 Å². The van der Waals surface area contributed by atoms with Crippen LogP contribution in [0, 0.1) is 0 Å². The van der Waals surface area contributed by atoms with Crippen molar-refractivity contribution >= 4 is 32.5 Å².